The van der Waals surface area contributed by atoms with Gasteiger partial charge >= 0.3 is 6.18 Å². The molecule has 5 rings (SSSR count). The van der Waals surface area contributed by atoms with Gasteiger partial charge in [-0.1, -0.05) is 0 Å². The molecule has 39 heavy (non-hydrogen) atoms. The number of rotatable bonds is 4. The van der Waals surface area contributed by atoms with E-state index in [-0.39, 0.29) is 12.6 Å². The summed E-state index contributed by atoms with van der Waals surface area (Å²) in [7, 11) is 0. The molecule has 1 saturated heterocycles. The van der Waals surface area contributed by atoms with Gasteiger partial charge in [0.05, 0.1) is 29.4 Å². The van der Waals surface area contributed by atoms with E-state index >= 15 is 0 Å². The van der Waals surface area contributed by atoms with Gasteiger partial charge in [-0.05, 0) is 12.1 Å². The van der Waals surface area contributed by atoms with Crippen LogP contribution in [0.15, 0.2) is 24.5 Å². The highest BCUT2D eigenvalue weighted by Gasteiger charge is 2.51. The minimum Gasteiger partial charge on any atom is -0.382 e. The smallest absolute Gasteiger partial charge is 0.382 e. The minimum absolute atomic E-state index is 0.273. The predicted octanol–water partition coefficient (Wildman–Crippen LogP) is 3.60. The molecule has 0 spiro atoms. The van der Waals surface area contributed by atoms with Crippen molar-refractivity contribution in [3.8, 4) is 11.3 Å². The van der Waals surface area contributed by atoms with Crippen molar-refractivity contribution >= 4 is 23.1 Å². The average Bonchev–Trinajstić information content (AvgIpc) is 3.39. The molecule has 3 aromatic rings. The Kier molecular flexibility index (Phi) is 6.18. The van der Waals surface area contributed by atoms with Crippen LogP contribution in [-0.2, 0) is 11.0 Å². The highest BCUT2D eigenvalue weighted by atomic mass is 19.4. The van der Waals surface area contributed by atoms with E-state index in [0.29, 0.717) is 16.6 Å². The predicted molar refractivity (Wildman–Crippen MR) is 118 cm³/mol. The Morgan fingerprint density at radius 3 is 2.41 bits per heavy atom. The first kappa shape index (κ1) is 26.6. The number of likely N-dealkylation sites (tertiary alicyclic amines) is 1. The summed E-state index contributed by atoms with van der Waals surface area (Å²) in [6.07, 6.45) is -7.27. The highest BCUT2D eigenvalue weighted by Crippen LogP contribution is 2.44. The molecule has 16 heteroatoms. The van der Waals surface area contributed by atoms with E-state index in [1.807, 2.05) is 0 Å². The van der Waals surface area contributed by atoms with Gasteiger partial charge in [0.25, 0.3) is 5.91 Å². The number of nitrogens with two attached hydrogens (primary N) is 1. The number of hydrogen-bond donors (Lipinski definition) is 2. The van der Waals surface area contributed by atoms with Crippen molar-refractivity contribution in [3.63, 3.8) is 0 Å². The summed E-state index contributed by atoms with van der Waals surface area (Å²) in [4.78, 5) is 29.7. The second-order valence-corrected chi connectivity index (χ2v) is 9.46. The molecule has 3 N–H and O–H groups in total. The van der Waals surface area contributed by atoms with Gasteiger partial charge < -0.3 is 16.0 Å². The lowest BCUT2D eigenvalue weighted by Crippen LogP contribution is -2.47. The number of fused-ring (bicyclic) bond motifs is 1. The summed E-state index contributed by atoms with van der Waals surface area (Å²) in [5.41, 5.74) is 1.60. The van der Waals surface area contributed by atoms with Crippen LogP contribution >= 0.6 is 0 Å². The zero-order valence-corrected chi connectivity index (χ0v) is 19.6. The molecule has 0 radical (unpaired) electrons. The molecule has 2 fully saturated rings. The van der Waals surface area contributed by atoms with E-state index in [1.165, 1.54) is 0 Å². The first-order valence-electron chi connectivity index (χ1n) is 11.5. The number of aromatic nitrogens is 3. The summed E-state index contributed by atoms with van der Waals surface area (Å²) >= 11 is 0. The Labute approximate surface area is 213 Å². The Bertz CT molecular complexity index is 1480. The fourth-order valence-corrected chi connectivity index (χ4v) is 4.82. The Morgan fingerprint density at radius 1 is 1.08 bits per heavy atom. The van der Waals surface area contributed by atoms with E-state index in [0.717, 1.165) is 11.2 Å². The molecule has 1 aliphatic heterocycles. The van der Waals surface area contributed by atoms with Crippen LogP contribution in [-0.4, -0.2) is 62.5 Å². The maximum Gasteiger partial charge on any atom is 0.418 e. The van der Waals surface area contributed by atoms with Crippen LogP contribution in [0.1, 0.15) is 28.8 Å². The third-order valence-corrected chi connectivity index (χ3v) is 6.78. The largest absolute Gasteiger partial charge is 0.418 e. The van der Waals surface area contributed by atoms with Gasteiger partial charge in [-0.2, -0.15) is 18.3 Å². The topological polar surface area (TPSA) is 106 Å². The van der Waals surface area contributed by atoms with Crippen LogP contribution in [0, 0.1) is 17.6 Å². The molecule has 1 saturated carbocycles. The van der Waals surface area contributed by atoms with Crippen molar-refractivity contribution in [2.75, 3.05) is 18.8 Å². The SMILES string of the molecule is Nc1ncnn2c(-c3cc(C(=O)N[C@@H]4CN(C(=O)C5CC(F)(F)C5)C[C@@H]4F)c(F)cc3F)cc(C(F)(F)F)c12. The van der Waals surface area contributed by atoms with Gasteiger partial charge in [0.2, 0.25) is 11.8 Å². The second kappa shape index (κ2) is 9.05. The standard InChI is InChI=1S/C23H18F8N6O2/c24-13-3-14(25)11(1-10(13)17-2-12(23(29,30)31)18-19(32)33-8-34-37(17)18)20(38)35-16-7-36(6-15(16)26)21(39)9-4-22(27,28)5-9/h1-3,8-9,15-16H,4-7H2,(H,35,38)(H2,32,33,34)/t15-,16+/m0/s1. The van der Waals surface area contributed by atoms with Gasteiger partial charge in [0.1, 0.15) is 29.7 Å². The molecule has 1 aromatic carbocycles. The van der Waals surface area contributed by atoms with Gasteiger partial charge in [-0.25, -0.2) is 31.5 Å². The number of alkyl halides is 6. The first-order valence-corrected chi connectivity index (χ1v) is 11.5. The van der Waals surface area contributed by atoms with Gasteiger partial charge in [0.15, 0.2) is 5.82 Å². The van der Waals surface area contributed by atoms with Crippen molar-refractivity contribution < 1.29 is 44.7 Å². The first-order chi connectivity index (χ1) is 18.2. The number of nitrogen functional groups attached to an aromatic ring is 1. The van der Waals surface area contributed by atoms with E-state index < -0.39 is 107 Å². The lowest BCUT2D eigenvalue weighted by atomic mass is 9.80. The molecular formula is C23H18F8N6O2. The van der Waals surface area contributed by atoms with Crippen LogP contribution in [0.3, 0.4) is 0 Å². The highest BCUT2D eigenvalue weighted by molar-refractivity contribution is 5.96. The maximum atomic E-state index is 14.8. The second-order valence-electron chi connectivity index (χ2n) is 9.46. The lowest BCUT2D eigenvalue weighted by molar-refractivity contribution is -0.159. The number of anilines is 1. The number of carbonyl (C=O) groups is 2. The Hall–Kier alpha value is -3.98. The van der Waals surface area contributed by atoms with E-state index in [1.54, 1.807) is 0 Å². The molecular weight excluding hydrogens is 544 g/mol. The molecule has 208 valence electrons. The Balaban J connectivity index is 1.42. The number of hydrogen-bond acceptors (Lipinski definition) is 5. The third-order valence-electron chi connectivity index (χ3n) is 6.78. The Morgan fingerprint density at radius 2 is 1.77 bits per heavy atom. The van der Waals surface area contributed by atoms with Crippen LogP contribution < -0.4 is 11.1 Å². The van der Waals surface area contributed by atoms with E-state index in [2.05, 4.69) is 15.4 Å². The zero-order chi connectivity index (χ0) is 28.4. The number of carbonyl (C=O) groups excluding carboxylic acids is 2. The quantitative estimate of drug-likeness (QED) is 0.473. The number of nitrogens with one attached hydrogen (secondary N) is 1. The molecule has 1 aliphatic carbocycles. The van der Waals surface area contributed by atoms with Crippen LogP contribution in [0.4, 0.5) is 40.9 Å². The molecule has 0 bridgehead atoms. The summed E-state index contributed by atoms with van der Waals surface area (Å²) in [5, 5.41) is 5.86. The van der Waals surface area contributed by atoms with Crippen LogP contribution in [0.25, 0.3) is 16.8 Å². The fourth-order valence-electron chi connectivity index (χ4n) is 4.82. The average molecular weight is 562 g/mol. The van der Waals surface area contributed by atoms with Crippen molar-refractivity contribution in [1.82, 2.24) is 24.8 Å². The van der Waals surface area contributed by atoms with Crippen LogP contribution in [0.5, 0.6) is 0 Å². The van der Waals surface area contributed by atoms with Gasteiger partial charge in [-0.15, -0.1) is 0 Å². The van der Waals surface area contributed by atoms with E-state index in [4.69, 9.17) is 5.73 Å². The monoisotopic (exact) mass is 562 g/mol. The number of halogens is 8. The summed E-state index contributed by atoms with van der Waals surface area (Å²) in [5.74, 6) is -9.16. The van der Waals surface area contributed by atoms with Gasteiger partial charge in [-0.3, -0.25) is 9.59 Å². The number of benzene rings is 1. The van der Waals surface area contributed by atoms with Crippen molar-refractivity contribution in [1.29, 1.82) is 0 Å². The third kappa shape index (κ3) is 4.71. The molecule has 0 unspecified atom stereocenters. The molecule has 3 heterocycles. The maximum absolute atomic E-state index is 14.8. The molecule has 2 atom stereocenters. The molecule has 2 aliphatic rings. The van der Waals surface area contributed by atoms with E-state index in [9.17, 15) is 44.7 Å². The number of amides is 2. The van der Waals surface area contributed by atoms with Crippen molar-refractivity contribution in [3.05, 3.63) is 47.3 Å². The minimum atomic E-state index is -4.95. The lowest BCUT2D eigenvalue weighted by Gasteiger charge is -2.36. The molecule has 8 nitrogen and oxygen atoms in total. The number of nitrogens with zero attached hydrogens (tertiary/aromatic N) is 4. The van der Waals surface area contributed by atoms with Crippen molar-refractivity contribution in [2.24, 2.45) is 5.92 Å². The van der Waals surface area contributed by atoms with Gasteiger partial charge in [0, 0.05) is 36.9 Å². The zero-order valence-electron chi connectivity index (χ0n) is 19.6. The van der Waals surface area contributed by atoms with Crippen molar-refractivity contribution in [2.45, 2.75) is 37.2 Å². The van der Waals surface area contributed by atoms with Crippen LogP contribution in [0.2, 0.25) is 0 Å². The summed E-state index contributed by atoms with van der Waals surface area (Å²) < 4.78 is 112. The normalized spacial score (nSPS) is 21.3. The summed E-state index contributed by atoms with van der Waals surface area (Å²) in [6, 6.07) is 0.0890. The summed E-state index contributed by atoms with van der Waals surface area (Å²) in [6.45, 7) is -0.863. The molecule has 2 amide bonds. The molecule has 2 aromatic heterocycles. The fraction of sp³-hybridized carbons (Fsp3) is 0.391.